The molecule has 0 aromatic heterocycles. The SMILES string of the molecule is O=C(O)[C@H]1CCC12CCC2. The smallest absolute Gasteiger partial charge is 0.307 e. The lowest BCUT2D eigenvalue weighted by atomic mass is 9.50. The highest BCUT2D eigenvalue weighted by molar-refractivity contribution is 5.72. The maximum atomic E-state index is 10.6. The molecule has 2 heteroatoms. The molecule has 56 valence electrons. The van der Waals surface area contributed by atoms with Crippen molar-refractivity contribution in [3.8, 4) is 0 Å². The number of rotatable bonds is 1. The minimum Gasteiger partial charge on any atom is -0.481 e. The summed E-state index contributed by atoms with van der Waals surface area (Å²) in [5.41, 5.74) is 0.284. The zero-order valence-electron chi connectivity index (χ0n) is 5.97. The summed E-state index contributed by atoms with van der Waals surface area (Å²) in [6.07, 6.45) is 5.69. The lowest BCUT2D eigenvalue weighted by Gasteiger charge is -2.54. The van der Waals surface area contributed by atoms with Crippen LogP contribution in [0.5, 0.6) is 0 Å². The van der Waals surface area contributed by atoms with E-state index in [0.29, 0.717) is 0 Å². The van der Waals surface area contributed by atoms with Crippen LogP contribution in [0.25, 0.3) is 0 Å². The molecule has 2 aliphatic carbocycles. The molecule has 0 aromatic carbocycles. The van der Waals surface area contributed by atoms with Crippen molar-refractivity contribution in [3.05, 3.63) is 0 Å². The molecule has 0 aliphatic heterocycles. The Hall–Kier alpha value is -0.530. The van der Waals surface area contributed by atoms with Crippen molar-refractivity contribution in [1.29, 1.82) is 0 Å². The first-order chi connectivity index (χ1) is 4.75. The summed E-state index contributed by atoms with van der Waals surface area (Å²) < 4.78 is 0. The number of hydrogen-bond donors (Lipinski definition) is 1. The quantitative estimate of drug-likeness (QED) is 0.601. The van der Waals surface area contributed by atoms with Crippen molar-refractivity contribution in [1.82, 2.24) is 0 Å². The predicted octanol–water partition coefficient (Wildman–Crippen LogP) is 1.65. The van der Waals surface area contributed by atoms with Crippen LogP contribution >= 0.6 is 0 Å². The van der Waals surface area contributed by atoms with Crippen LogP contribution < -0.4 is 0 Å². The Bertz CT molecular complexity index is 165. The zero-order valence-corrected chi connectivity index (χ0v) is 5.97. The first kappa shape index (κ1) is 6.20. The van der Waals surface area contributed by atoms with Crippen LogP contribution in [0, 0.1) is 11.3 Å². The topological polar surface area (TPSA) is 37.3 Å². The van der Waals surface area contributed by atoms with Crippen LogP contribution in [0.15, 0.2) is 0 Å². The highest BCUT2D eigenvalue weighted by Crippen LogP contribution is 2.59. The summed E-state index contributed by atoms with van der Waals surface area (Å²) in [5.74, 6) is -0.549. The molecule has 2 fully saturated rings. The number of carboxylic acids is 1. The molecule has 1 N–H and O–H groups in total. The van der Waals surface area contributed by atoms with E-state index in [1.807, 2.05) is 0 Å². The van der Waals surface area contributed by atoms with Crippen molar-refractivity contribution in [2.45, 2.75) is 32.1 Å². The van der Waals surface area contributed by atoms with E-state index in [-0.39, 0.29) is 11.3 Å². The second-order valence-electron chi connectivity index (χ2n) is 3.65. The molecule has 0 aromatic rings. The van der Waals surface area contributed by atoms with E-state index >= 15 is 0 Å². The van der Waals surface area contributed by atoms with Gasteiger partial charge in [-0.05, 0) is 31.1 Å². The minimum atomic E-state index is -0.564. The maximum Gasteiger partial charge on any atom is 0.307 e. The summed E-state index contributed by atoms with van der Waals surface area (Å²) >= 11 is 0. The Morgan fingerprint density at radius 3 is 2.20 bits per heavy atom. The highest BCUT2D eigenvalue weighted by Gasteiger charge is 2.53. The van der Waals surface area contributed by atoms with Crippen LogP contribution in [0.4, 0.5) is 0 Å². The van der Waals surface area contributed by atoms with E-state index in [2.05, 4.69) is 0 Å². The largest absolute Gasteiger partial charge is 0.481 e. The van der Waals surface area contributed by atoms with Gasteiger partial charge in [0.2, 0.25) is 0 Å². The zero-order chi connectivity index (χ0) is 7.19. The third-order valence-electron chi connectivity index (χ3n) is 3.32. The molecule has 2 saturated carbocycles. The fraction of sp³-hybridized carbons (Fsp3) is 0.875. The number of aliphatic carboxylic acids is 1. The molecule has 0 bridgehead atoms. The van der Waals surface area contributed by atoms with E-state index in [9.17, 15) is 4.79 Å². The van der Waals surface area contributed by atoms with Gasteiger partial charge in [0.15, 0.2) is 0 Å². The molecule has 2 nitrogen and oxygen atoms in total. The Morgan fingerprint density at radius 1 is 1.40 bits per heavy atom. The van der Waals surface area contributed by atoms with E-state index < -0.39 is 5.97 Å². The summed E-state index contributed by atoms with van der Waals surface area (Å²) in [6.45, 7) is 0. The molecule has 0 radical (unpaired) electrons. The molecule has 2 rings (SSSR count). The summed E-state index contributed by atoms with van der Waals surface area (Å²) in [7, 11) is 0. The molecule has 10 heavy (non-hydrogen) atoms. The van der Waals surface area contributed by atoms with E-state index in [1.165, 1.54) is 25.7 Å². The van der Waals surface area contributed by atoms with E-state index in [4.69, 9.17) is 5.11 Å². The van der Waals surface area contributed by atoms with Crippen molar-refractivity contribution < 1.29 is 9.90 Å². The van der Waals surface area contributed by atoms with Crippen LogP contribution in [0.2, 0.25) is 0 Å². The van der Waals surface area contributed by atoms with Crippen LogP contribution in [0.3, 0.4) is 0 Å². The van der Waals surface area contributed by atoms with Crippen LogP contribution in [-0.4, -0.2) is 11.1 Å². The van der Waals surface area contributed by atoms with Crippen LogP contribution in [0.1, 0.15) is 32.1 Å². The lowest BCUT2D eigenvalue weighted by Crippen LogP contribution is -2.49. The predicted molar refractivity (Wildman–Crippen MR) is 36.6 cm³/mol. The Kier molecular flexibility index (Phi) is 1.08. The van der Waals surface area contributed by atoms with Crippen LogP contribution in [-0.2, 0) is 4.79 Å². The molecule has 1 spiro atoms. The van der Waals surface area contributed by atoms with Gasteiger partial charge in [0, 0.05) is 0 Å². The highest BCUT2D eigenvalue weighted by atomic mass is 16.4. The fourth-order valence-electron chi connectivity index (χ4n) is 2.31. The Labute approximate surface area is 60.2 Å². The average molecular weight is 140 g/mol. The molecular formula is C8H12O2. The van der Waals surface area contributed by atoms with Gasteiger partial charge in [-0.15, -0.1) is 0 Å². The van der Waals surface area contributed by atoms with Crippen molar-refractivity contribution in [2.24, 2.45) is 11.3 Å². The van der Waals surface area contributed by atoms with Gasteiger partial charge in [-0.1, -0.05) is 6.42 Å². The van der Waals surface area contributed by atoms with Gasteiger partial charge in [0.25, 0.3) is 0 Å². The van der Waals surface area contributed by atoms with Crippen molar-refractivity contribution in [2.75, 3.05) is 0 Å². The van der Waals surface area contributed by atoms with E-state index in [1.54, 1.807) is 0 Å². The average Bonchev–Trinajstić information content (AvgIpc) is 1.53. The number of hydrogen-bond acceptors (Lipinski definition) is 1. The minimum absolute atomic E-state index is 0.0150. The van der Waals surface area contributed by atoms with Crippen molar-refractivity contribution >= 4 is 5.97 Å². The Balaban J connectivity index is 2.05. The lowest BCUT2D eigenvalue weighted by molar-refractivity contribution is -0.161. The molecule has 0 unspecified atom stereocenters. The van der Waals surface area contributed by atoms with Gasteiger partial charge in [0.05, 0.1) is 5.92 Å². The third kappa shape index (κ3) is 0.568. The molecule has 0 amide bonds. The first-order valence-electron chi connectivity index (χ1n) is 3.97. The normalized spacial score (nSPS) is 34.6. The van der Waals surface area contributed by atoms with Gasteiger partial charge in [-0.3, -0.25) is 4.79 Å². The fourth-order valence-corrected chi connectivity index (χ4v) is 2.31. The molecule has 2 aliphatic rings. The molecule has 0 heterocycles. The van der Waals surface area contributed by atoms with Gasteiger partial charge in [-0.25, -0.2) is 0 Å². The molecular weight excluding hydrogens is 128 g/mol. The van der Waals surface area contributed by atoms with Crippen molar-refractivity contribution in [3.63, 3.8) is 0 Å². The van der Waals surface area contributed by atoms with Gasteiger partial charge < -0.3 is 5.11 Å². The summed E-state index contributed by atoms with van der Waals surface area (Å²) in [4.78, 5) is 10.6. The van der Waals surface area contributed by atoms with Gasteiger partial charge >= 0.3 is 5.97 Å². The van der Waals surface area contributed by atoms with Gasteiger partial charge in [-0.2, -0.15) is 0 Å². The first-order valence-corrected chi connectivity index (χ1v) is 3.97. The monoisotopic (exact) mass is 140 g/mol. The summed E-state index contributed by atoms with van der Waals surface area (Å²) in [6, 6.07) is 0. The number of carboxylic acid groups (broad SMARTS) is 1. The number of carbonyl (C=O) groups is 1. The summed E-state index contributed by atoms with van der Waals surface area (Å²) in [5, 5.41) is 8.73. The standard InChI is InChI=1S/C8H12O2/c9-7(10)6-2-5-8(6)3-1-4-8/h6H,1-5H2,(H,9,10)/t6-/m1/s1. The maximum absolute atomic E-state index is 10.6. The Morgan fingerprint density at radius 2 is 2.10 bits per heavy atom. The van der Waals surface area contributed by atoms with Gasteiger partial charge in [0.1, 0.15) is 0 Å². The third-order valence-corrected chi connectivity index (χ3v) is 3.32. The second kappa shape index (κ2) is 1.74. The molecule has 1 atom stereocenters. The molecule has 0 saturated heterocycles. The second-order valence-corrected chi connectivity index (χ2v) is 3.65. The van der Waals surface area contributed by atoms with E-state index in [0.717, 1.165) is 6.42 Å².